The summed E-state index contributed by atoms with van der Waals surface area (Å²) >= 11 is 0. The van der Waals surface area contributed by atoms with Crippen molar-refractivity contribution in [1.82, 2.24) is 10.1 Å². The van der Waals surface area contributed by atoms with Crippen LogP contribution < -0.4 is 5.32 Å². The third-order valence-electron chi connectivity index (χ3n) is 4.27. The van der Waals surface area contributed by atoms with Gasteiger partial charge in [-0.1, -0.05) is 47.6 Å². The number of hydrogen-bond acceptors (Lipinski definition) is 4. The Labute approximate surface area is 168 Å². The molecule has 4 aromatic rings. The molecule has 0 atom stereocenters. The number of amides is 1. The lowest BCUT2D eigenvalue weighted by Crippen LogP contribution is -2.11. The first-order valence-corrected chi connectivity index (χ1v) is 8.56. The van der Waals surface area contributed by atoms with Crippen molar-refractivity contribution in [2.75, 3.05) is 5.32 Å². The maximum Gasteiger partial charge on any atom is 0.255 e. The van der Waals surface area contributed by atoms with Crippen molar-refractivity contribution in [3.63, 3.8) is 0 Å². The Morgan fingerprint density at radius 1 is 0.929 bits per heavy atom. The Morgan fingerprint density at radius 3 is 2.36 bits per heavy atom. The van der Waals surface area contributed by atoms with E-state index in [2.05, 4.69) is 15.5 Å². The fourth-order valence-corrected chi connectivity index (χ4v) is 2.93. The molecular weight excluding hydrogens is 374 g/mol. The van der Waals surface area contributed by atoms with E-state index in [0.29, 0.717) is 11.3 Å². The fourth-order valence-electron chi connectivity index (χ4n) is 2.93. The second-order valence-electron chi connectivity index (χ2n) is 6.10. The van der Waals surface area contributed by atoms with Crippen LogP contribution in [-0.2, 0) is 0 Å². The molecule has 1 N–H and O–H groups in total. The molecule has 2 aromatic heterocycles. The summed E-state index contributed by atoms with van der Waals surface area (Å²) in [7, 11) is 0. The average molecular weight is 392 g/mol. The van der Waals surface area contributed by atoms with Crippen LogP contribution in [0.3, 0.4) is 0 Å². The quantitative estimate of drug-likeness (QED) is 0.506. The number of aryl methyl sites for hydroxylation is 1. The summed E-state index contributed by atoms with van der Waals surface area (Å²) in [5.74, 6) is 0.557. The Balaban J connectivity index is 0.00000225. The van der Waals surface area contributed by atoms with Crippen LogP contribution >= 0.6 is 12.4 Å². The zero-order valence-corrected chi connectivity index (χ0v) is 15.9. The minimum absolute atomic E-state index is 0. The van der Waals surface area contributed by atoms with Gasteiger partial charge in [-0.05, 0) is 36.8 Å². The van der Waals surface area contributed by atoms with Gasteiger partial charge in [-0.2, -0.15) is 0 Å². The SMILES string of the molecule is Cc1onc(-c2ccccc2)c1-c1ccc(C(=O)Nc2cccnc2)cc1.Cl. The van der Waals surface area contributed by atoms with Gasteiger partial charge >= 0.3 is 0 Å². The number of hydrogen-bond donors (Lipinski definition) is 1. The number of aromatic nitrogens is 2. The molecule has 28 heavy (non-hydrogen) atoms. The number of carbonyl (C=O) groups is 1. The lowest BCUT2D eigenvalue weighted by molar-refractivity contribution is 0.102. The summed E-state index contributed by atoms with van der Waals surface area (Å²) in [5, 5.41) is 7.04. The number of nitrogens with zero attached hydrogens (tertiary/aromatic N) is 2. The summed E-state index contributed by atoms with van der Waals surface area (Å²) in [6.07, 6.45) is 3.27. The standard InChI is InChI=1S/C22H17N3O2.ClH/c1-15-20(21(25-27-15)17-6-3-2-4-7-17)16-9-11-18(12-10-16)22(26)24-19-8-5-13-23-14-19;/h2-14H,1H3,(H,24,26);1H. The Hall–Kier alpha value is -3.44. The summed E-state index contributed by atoms with van der Waals surface area (Å²) in [6.45, 7) is 1.89. The Morgan fingerprint density at radius 2 is 1.68 bits per heavy atom. The summed E-state index contributed by atoms with van der Waals surface area (Å²) in [6, 6.07) is 20.9. The van der Waals surface area contributed by atoms with Gasteiger partial charge in [0.05, 0.1) is 17.4 Å². The molecule has 0 aliphatic carbocycles. The predicted molar refractivity (Wildman–Crippen MR) is 112 cm³/mol. The van der Waals surface area contributed by atoms with Crippen LogP contribution in [0.15, 0.2) is 83.6 Å². The third-order valence-corrected chi connectivity index (χ3v) is 4.27. The number of halogens is 1. The molecule has 6 heteroatoms. The molecule has 0 fully saturated rings. The molecule has 0 unspecified atom stereocenters. The van der Waals surface area contributed by atoms with Crippen molar-refractivity contribution in [2.24, 2.45) is 0 Å². The van der Waals surface area contributed by atoms with Crippen molar-refractivity contribution < 1.29 is 9.32 Å². The van der Waals surface area contributed by atoms with E-state index in [-0.39, 0.29) is 18.3 Å². The second-order valence-corrected chi connectivity index (χ2v) is 6.10. The minimum Gasteiger partial charge on any atom is -0.360 e. The van der Waals surface area contributed by atoms with Gasteiger partial charge in [-0.15, -0.1) is 12.4 Å². The maximum atomic E-state index is 12.4. The van der Waals surface area contributed by atoms with E-state index in [1.165, 1.54) is 0 Å². The van der Waals surface area contributed by atoms with Crippen LogP contribution in [0.4, 0.5) is 5.69 Å². The maximum absolute atomic E-state index is 12.4. The van der Waals surface area contributed by atoms with Crippen molar-refractivity contribution in [3.8, 4) is 22.4 Å². The summed E-state index contributed by atoms with van der Waals surface area (Å²) in [4.78, 5) is 16.4. The zero-order chi connectivity index (χ0) is 18.6. The first kappa shape index (κ1) is 19.3. The summed E-state index contributed by atoms with van der Waals surface area (Å²) in [5.41, 5.74) is 4.89. The van der Waals surface area contributed by atoms with Gasteiger partial charge in [-0.25, -0.2) is 0 Å². The number of carbonyl (C=O) groups excluding carboxylic acids is 1. The molecule has 0 spiro atoms. The number of anilines is 1. The van der Waals surface area contributed by atoms with Crippen molar-refractivity contribution >= 4 is 24.0 Å². The van der Waals surface area contributed by atoms with Gasteiger partial charge in [0.2, 0.25) is 0 Å². The van der Waals surface area contributed by atoms with Crippen LogP contribution in [0.5, 0.6) is 0 Å². The number of pyridine rings is 1. The highest BCUT2D eigenvalue weighted by molar-refractivity contribution is 6.04. The third kappa shape index (κ3) is 3.94. The zero-order valence-electron chi connectivity index (χ0n) is 15.1. The first-order valence-electron chi connectivity index (χ1n) is 8.56. The van der Waals surface area contributed by atoms with E-state index in [0.717, 1.165) is 28.1 Å². The molecule has 0 saturated heterocycles. The molecular formula is C22H18ClN3O2. The molecule has 4 rings (SSSR count). The predicted octanol–water partition coefficient (Wildman–Crippen LogP) is 5.39. The van der Waals surface area contributed by atoms with Gasteiger partial charge in [0.15, 0.2) is 0 Å². The van der Waals surface area contributed by atoms with E-state index < -0.39 is 0 Å². The highest BCUT2D eigenvalue weighted by Crippen LogP contribution is 2.34. The van der Waals surface area contributed by atoms with Gasteiger partial charge in [0.1, 0.15) is 11.5 Å². The highest BCUT2D eigenvalue weighted by atomic mass is 35.5. The normalized spacial score (nSPS) is 10.2. The van der Waals surface area contributed by atoms with E-state index in [4.69, 9.17) is 4.52 Å². The van der Waals surface area contributed by atoms with Crippen LogP contribution in [0.1, 0.15) is 16.1 Å². The molecule has 2 aromatic carbocycles. The minimum atomic E-state index is -0.181. The average Bonchev–Trinajstić information content (AvgIpc) is 3.11. The number of benzene rings is 2. The summed E-state index contributed by atoms with van der Waals surface area (Å²) < 4.78 is 5.42. The lowest BCUT2D eigenvalue weighted by Gasteiger charge is -2.07. The largest absolute Gasteiger partial charge is 0.360 e. The van der Waals surface area contributed by atoms with E-state index in [1.54, 1.807) is 36.7 Å². The van der Waals surface area contributed by atoms with Gasteiger partial charge in [-0.3, -0.25) is 9.78 Å². The fraction of sp³-hybridized carbons (Fsp3) is 0.0455. The molecule has 0 radical (unpaired) electrons. The van der Waals surface area contributed by atoms with E-state index in [9.17, 15) is 4.79 Å². The van der Waals surface area contributed by atoms with Crippen LogP contribution in [0.25, 0.3) is 22.4 Å². The number of rotatable bonds is 4. The molecule has 5 nitrogen and oxygen atoms in total. The van der Waals surface area contributed by atoms with Crippen LogP contribution in [-0.4, -0.2) is 16.0 Å². The van der Waals surface area contributed by atoms with Crippen molar-refractivity contribution in [3.05, 3.63) is 90.4 Å². The molecule has 1 amide bonds. The smallest absolute Gasteiger partial charge is 0.255 e. The lowest BCUT2D eigenvalue weighted by atomic mass is 9.98. The molecule has 140 valence electrons. The van der Waals surface area contributed by atoms with Crippen LogP contribution in [0.2, 0.25) is 0 Å². The van der Waals surface area contributed by atoms with Crippen LogP contribution in [0, 0.1) is 6.92 Å². The van der Waals surface area contributed by atoms with E-state index in [1.807, 2.05) is 49.4 Å². The first-order chi connectivity index (χ1) is 13.2. The molecule has 0 aliphatic rings. The van der Waals surface area contributed by atoms with Gasteiger partial charge in [0, 0.05) is 17.3 Å². The van der Waals surface area contributed by atoms with E-state index >= 15 is 0 Å². The topological polar surface area (TPSA) is 68.0 Å². The Kier molecular flexibility index (Phi) is 5.87. The molecule has 0 bridgehead atoms. The monoisotopic (exact) mass is 391 g/mol. The van der Waals surface area contributed by atoms with Gasteiger partial charge in [0.25, 0.3) is 5.91 Å². The molecule has 0 aliphatic heterocycles. The van der Waals surface area contributed by atoms with Crippen molar-refractivity contribution in [1.29, 1.82) is 0 Å². The second kappa shape index (κ2) is 8.50. The molecule has 2 heterocycles. The highest BCUT2D eigenvalue weighted by Gasteiger charge is 2.17. The number of nitrogens with one attached hydrogen (secondary N) is 1. The van der Waals surface area contributed by atoms with Crippen molar-refractivity contribution in [2.45, 2.75) is 6.92 Å². The van der Waals surface area contributed by atoms with Gasteiger partial charge < -0.3 is 9.84 Å². The molecule has 0 saturated carbocycles. The Bertz CT molecular complexity index is 1060.